The minimum atomic E-state index is -0.832. The zero-order valence-corrected chi connectivity index (χ0v) is 12.9. The molecule has 7 heteroatoms. The Balaban J connectivity index is 2.30. The lowest BCUT2D eigenvalue weighted by atomic mass is 10.1. The van der Waals surface area contributed by atoms with Crippen molar-refractivity contribution in [1.29, 1.82) is 0 Å². The molecule has 2 rings (SSSR count). The quantitative estimate of drug-likeness (QED) is 0.870. The Kier molecular flexibility index (Phi) is 4.59. The maximum absolute atomic E-state index is 11.0. The van der Waals surface area contributed by atoms with Crippen molar-refractivity contribution in [2.75, 3.05) is 20.0 Å². The van der Waals surface area contributed by atoms with E-state index >= 15 is 0 Å². The summed E-state index contributed by atoms with van der Waals surface area (Å²) < 4.78 is 11.4. The molecule has 0 saturated carbocycles. The van der Waals surface area contributed by atoms with Gasteiger partial charge in [-0.1, -0.05) is 0 Å². The van der Waals surface area contributed by atoms with Gasteiger partial charge in [0.05, 0.1) is 24.1 Å². The SMILES string of the molecule is COc1cc(OC)c([C@H]2N[C@H](C(=O)O)CS2)cc1Br. The fourth-order valence-electron chi connectivity index (χ4n) is 1.88. The van der Waals surface area contributed by atoms with Gasteiger partial charge in [-0.05, 0) is 22.0 Å². The van der Waals surface area contributed by atoms with Crippen LogP contribution in [-0.2, 0) is 4.79 Å². The first-order valence-corrected chi connectivity index (χ1v) is 7.43. The van der Waals surface area contributed by atoms with Gasteiger partial charge in [-0.3, -0.25) is 10.1 Å². The average molecular weight is 348 g/mol. The number of halogens is 1. The van der Waals surface area contributed by atoms with E-state index in [1.807, 2.05) is 6.07 Å². The van der Waals surface area contributed by atoms with Gasteiger partial charge in [0.25, 0.3) is 0 Å². The molecular formula is C12H14BrNO4S. The average Bonchev–Trinajstić information content (AvgIpc) is 2.88. The van der Waals surface area contributed by atoms with E-state index in [1.54, 1.807) is 32.0 Å². The highest BCUT2D eigenvalue weighted by Crippen LogP contribution is 2.42. The molecule has 0 aromatic heterocycles. The molecule has 0 spiro atoms. The van der Waals surface area contributed by atoms with Crippen molar-refractivity contribution in [3.05, 3.63) is 22.2 Å². The first-order chi connectivity index (χ1) is 9.06. The van der Waals surface area contributed by atoms with Crippen LogP contribution in [-0.4, -0.2) is 37.1 Å². The van der Waals surface area contributed by atoms with E-state index in [2.05, 4.69) is 21.2 Å². The van der Waals surface area contributed by atoms with Crippen molar-refractivity contribution in [2.24, 2.45) is 0 Å². The van der Waals surface area contributed by atoms with Gasteiger partial charge in [0.2, 0.25) is 0 Å². The van der Waals surface area contributed by atoms with Crippen molar-refractivity contribution in [2.45, 2.75) is 11.4 Å². The van der Waals surface area contributed by atoms with Gasteiger partial charge in [0, 0.05) is 17.4 Å². The molecule has 1 aromatic carbocycles. The number of nitrogens with one attached hydrogen (secondary N) is 1. The predicted molar refractivity (Wildman–Crippen MR) is 77.0 cm³/mol. The Morgan fingerprint density at radius 3 is 2.63 bits per heavy atom. The highest BCUT2D eigenvalue weighted by molar-refractivity contribution is 9.10. The highest BCUT2D eigenvalue weighted by atomic mass is 79.9. The molecular weight excluding hydrogens is 334 g/mol. The van der Waals surface area contributed by atoms with Gasteiger partial charge in [-0.2, -0.15) is 0 Å². The van der Waals surface area contributed by atoms with Crippen LogP contribution in [0.1, 0.15) is 10.9 Å². The number of methoxy groups -OCH3 is 2. The van der Waals surface area contributed by atoms with Crippen molar-refractivity contribution in [3.63, 3.8) is 0 Å². The fraction of sp³-hybridized carbons (Fsp3) is 0.417. The second-order valence-corrected chi connectivity index (χ2v) is 5.99. The minimum absolute atomic E-state index is 0.0988. The molecule has 1 aliphatic rings. The molecule has 104 valence electrons. The van der Waals surface area contributed by atoms with Crippen molar-refractivity contribution in [3.8, 4) is 11.5 Å². The lowest BCUT2D eigenvalue weighted by Crippen LogP contribution is -2.33. The number of carboxylic acids is 1. The van der Waals surface area contributed by atoms with E-state index in [1.165, 1.54) is 0 Å². The highest BCUT2D eigenvalue weighted by Gasteiger charge is 2.32. The number of hydrogen-bond donors (Lipinski definition) is 2. The number of hydrogen-bond acceptors (Lipinski definition) is 5. The maximum Gasteiger partial charge on any atom is 0.321 e. The number of thioether (sulfide) groups is 1. The number of carbonyl (C=O) groups is 1. The normalized spacial score (nSPS) is 22.3. The van der Waals surface area contributed by atoms with E-state index in [9.17, 15) is 4.79 Å². The Labute approximate surface area is 123 Å². The lowest BCUT2D eigenvalue weighted by molar-refractivity contribution is -0.138. The van der Waals surface area contributed by atoms with Gasteiger partial charge >= 0.3 is 5.97 Å². The van der Waals surface area contributed by atoms with Gasteiger partial charge in [-0.15, -0.1) is 11.8 Å². The van der Waals surface area contributed by atoms with Gasteiger partial charge in [-0.25, -0.2) is 0 Å². The first kappa shape index (κ1) is 14.5. The summed E-state index contributed by atoms with van der Waals surface area (Å²) in [4.78, 5) is 11.0. The Morgan fingerprint density at radius 1 is 1.42 bits per heavy atom. The number of aliphatic carboxylic acids is 1. The van der Waals surface area contributed by atoms with Crippen LogP contribution in [0.25, 0.3) is 0 Å². The van der Waals surface area contributed by atoms with Crippen LogP contribution < -0.4 is 14.8 Å². The maximum atomic E-state index is 11.0. The predicted octanol–water partition coefficient (Wildman–Crippen LogP) is 2.25. The van der Waals surface area contributed by atoms with Crippen LogP contribution in [0.5, 0.6) is 11.5 Å². The smallest absolute Gasteiger partial charge is 0.321 e. The van der Waals surface area contributed by atoms with Crippen LogP contribution in [0.15, 0.2) is 16.6 Å². The summed E-state index contributed by atoms with van der Waals surface area (Å²) in [6.45, 7) is 0. The third kappa shape index (κ3) is 2.98. The Morgan fingerprint density at radius 2 is 2.11 bits per heavy atom. The second kappa shape index (κ2) is 6.02. The molecule has 1 saturated heterocycles. The molecule has 2 atom stereocenters. The summed E-state index contributed by atoms with van der Waals surface area (Å²) in [5.74, 6) is 1.06. The zero-order valence-electron chi connectivity index (χ0n) is 10.5. The molecule has 2 N–H and O–H groups in total. The monoisotopic (exact) mass is 347 g/mol. The van der Waals surface area contributed by atoms with E-state index in [4.69, 9.17) is 14.6 Å². The van der Waals surface area contributed by atoms with Gasteiger partial charge in [0.15, 0.2) is 0 Å². The summed E-state index contributed by atoms with van der Waals surface area (Å²) in [6, 6.07) is 3.16. The topological polar surface area (TPSA) is 67.8 Å². The largest absolute Gasteiger partial charge is 0.496 e. The van der Waals surface area contributed by atoms with Crippen molar-refractivity contribution < 1.29 is 19.4 Å². The molecule has 1 fully saturated rings. The number of rotatable bonds is 4. The minimum Gasteiger partial charge on any atom is -0.496 e. The van der Waals surface area contributed by atoms with Crippen LogP contribution in [0, 0.1) is 0 Å². The molecule has 5 nitrogen and oxygen atoms in total. The summed E-state index contributed by atoms with van der Waals surface area (Å²) >= 11 is 4.98. The van der Waals surface area contributed by atoms with Crippen molar-refractivity contribution in [1.82, 2.24) is 5.32 Å². The summed E-state index contributed by atoms with van der Waals surface area (Å²) in [6.07, 6.45) is 0. The first-order valence-electron chi connectivity index (χ1n) is 5.58. The Bertz CT molecular complexity index is 497. The van der Waals surface area contributed by atoms with Crippen LogP contribution in [0.2, 0.25) is 0 Å². The molecule has 1 heterocycles. The molecule has 0 bridgehead atoms. The number of benzene rings is 1. The molecule has 0 radical (unpaired) electrons. The molecule has 1 aliphatic heterocycles. The van der Waals surface area contributed by atoms with Crippen LogP contribution >= 0.6 is 27.7 Å². The van der Waals surface area contributed by atoms with E-state index < -0.39 is 12.0 Å². The van der Waals surface area contributed by atoms with Crippen molar-refractivity contribution >= 4 is 33.7 Å². The second-order valence-electron chi connectivity index (χ2n) is 4.00. The number of ether oxygens (including phenoxy) is 2. The van der Waals surface area contributed by atoms with Crippen LogP contribution in [0.3, 0.4) is 0 Å². The van der Waals surface area contributed by atoms with E-state index in [0.29, 0.717) is 17.3 Å². The zero-order chi connectivity index (χ0) is 14.0. The molecule has 0 aliphatic carbocycles. The van der Waals surface area contributed by atoms with Gasteiger partial charge in [0.1, 0.15) is 17.5 Å². The summed E-state index contributed by atoms with van der Waals surface area (Å²) in [5, 5.41) is 12.0. The molecule has 0 unspecified atom stereocenters. The third-order valence-electron chi connectivity index (χ3n) is 2.87. The van der Waals surface area contributed by atoms with E-state index in [0.717, 1.165) is 10.0 Å². The third-order valence-corrected chi connectivity index (χ3v) is 4.74. The summed E-state index contributed by atoms with van der Waals surface area (Å²) in [5.41, 5.74) is 0.906. The van der Waals surface area contributed by atoms with E-state index in [-0.39, 0.29) is 5.37 Å². The van der Waals surface area contributed by atoms with Gasteiger partial charge < -0.3 is 14.6 Å². The lowest BCUT2D eigenvalue weighted by Gasteiger charge is -2.17. The summed E-state index contributed by atoms with van der Waals surface area (Å²) in [7, 11) is 3.17. The number of carboxylic acid groups (broad SMARTS) is 1. The standard InChI is InChI=1S/C12H14BrNO4S/c1-17-9-4-10(18-2)7(13)3-6(9)11-14-8(5-19-11)12(15)16/h3-4,8,11,14H,5H2,1-2H3,(H,15,16)/t8-,11-/m0/s1. The molecule has 0 amide bonds. The fourth-order valence-corrected chi connectivity index (χ4v) is 3.65. The molecule has 19 heavy (non-hydrogen) atoms. The molecule has 1 aromatic rings. The van der Waals surface area contributed by atoms with Crippen LogP contribution in [0.4, 0.5) is 0 Å². The Hall–Kier alpha value is -0.920.